The zero-order chi connectivity index (χ0) is 22.0. The summed E-state index contributed by atoms with van der Waals surface area (Å²) in [6.07, 6.45) is 0.553. The maximum Gasteiger partial charge on any atom is 0.312 e. The van der Waals surface area contributed by atoms with Crippen LogP contribution in [-0.4, -0.2) is 16.3 Å². The summed E-state index contributed by atoms with van der Waals surface area (Å²) in [7, 11) is 0. The largest absolute Gasteiger partial charge is 0.507 e. The van der Waals surface area contributed by atoms with Gasteiger partial charge in [-0.25, -0.2) is 0 Å². The number of benzene rings is 3. The molecule has 7 nitrogen and oxygen atoms in total. The second-order valence-electron chi connectivity index (χ2n) is 7.19. The standard InChI is InChI=1S/C24H19NO6/c1-15-11-19-20(13-26)22(27)23(31-24(19)21(12-15)25(28)29)17-7-9-18(10-8-17)30-14-16-5-3-2-4-6-16/h2-13,20,27H,14H2,1H3. The summed E-state index contributed by atoms with van der Waals surface area (Å²) >= 11 is 0. The first-order valence-corrected chi connectivity index (χ1v) is 9.60. The van der Waals surface area contributed by atoms with E-state index in [4.69, 9.17) is 9.47 Å². The molecule has 0 spiro atoms. The number of nitrogens with zero attached hydrogens (tertiary/aromatic N) is 1. The molecule has 0 saturated carbocycles. The van der Waals surface area contributed by atoms with Crippen molar-refractivity contribution in [3.63, 3.8) is 0 Å². The van der Waals surface area contributed by atoms with Crippen molar-refractivity contribution in [1.82, 2.24) is 0 Å². The highest BCUT2D eigenvalue weighted by atomic mass is 16.6. The fraction of sp³-hybridized carbons (Fsp3) is 0.125. The summed E-state index contributed by atoms with van der Waals surface area (Å²) in [4.78, 5) is 22.7. The molecule has 156 valence electrons. The van der Waals surface area contributed by atoms with Crippen molar-refractivity contribution in [2.24, 2.45) is 0 Å². The lowest BCUT2D eigenvalue weighted by Gasteiger charge is -2.25. The quantitative estimate of drug-likeness (QED) is 0.341. The van der Waals surface area contributed by atoms with Gasteiger partial charge >= 0.3 is 5.69 Å². The van der Waals surface area contributed by atoms with Crippen molar-refractivity contribution in [2.45, 2.75) is 19.4 Å². The summed E-state index contributed by atoms with van der Waals surface area (Å²) in [5, 5.41) is 22.2. The van der Waals surface area contributed by atoms with Crippen molar-refractivity contribution in [2.75, 3.05) is 0 Å². The van der Waals surface area contributed by atoms with Crippen molar-refractivity contribution >= 4 is 17.7 Å². The number of fused-ring (bicyclic) bond motifs is 1. The lowest BCUT2D eigenvalue weighted by Crippen LogP contribution is -2.17. The fourth-order valence-corrected chi connectivity index (χ4v) is 3.49. The van der Waals surface area contributed by atoms with E-state index in [0.717, 1.165) is 5.56 Å². The Hall–Kier alpha value is -4.13. The van der Waals surface area contributed by atoms with E-state index in [-0.39, 0.29) is 28.5 Å². The second kappa shape index (κ2) is 8.31. The number of aliphatic hydroxyl groups excluding tert-OH is 1. The zero-order valence-corrected chi connectivity index (χ0v) is 16.6. The molecule has 0 radical (unpaired) electrons. The molecule has 3 aromatic carbocycles. The van der Waals surface area contributed by atoms with Crippen LogP contribution in [0.25, 0.3) is 5.76 Å². The van der Waals surface area contributed by atoms with Crippen LogP contribution in [0.15, 0.2) is 72.5 Å². The number of ether oxygens (including phenoxy) is 2. The molecule has 1 atom stereocenters. The van der Waals surface area contributed by atoms with Gasteiger partial charge in [-0.2, -0.15) is 0 Å². The Morgan fingerprint density at radius 3 is 2.48 bits per heavy atom. The number of aldehydes is 1. The lowest BCUT2D eigenvalue weighted by molar-refractivity contribution is -0.385. The van der Waals surface area contributed by atoms with Gasteiger partial charge in [0.15, 0.2) is 11.5 Å². The SMILES string of the molecule is Cc1cc2c(c([N+](=O)[O-])c1)OC(c1ccc(OCc3ccccc3)cc1)=C(O)C2C=O. The molecule has 1 aliphatic heterocycles. The predicted molar refractivity (Wildman–Crippen MR) is 114 cm³/mol. The van der Waals surface area contributed by atoms with Gasteiger partial charge in [0.05, 0.1) is 4.92 Å². The predicted octanol–water partition coefficient (Wildman–Crippen LogP) is 5.08. The van der Waals surface area contributed by atoms with E-state index < -0.39 is 10.8 Å². The third-order valence-electron chi connectivity index (χ3n) is 5.01. The number of rotatable bonds is 6. The number of hydrogen-bond acceptors (Lipinski definition) is 6. The minimum Gasteiger partial charge on any atom is -0.507 e. The highest BCUT2D eigenvalue weighted by Gasteiger charge is 2.35. The van der Waals surface area contributed by atoms with Gasteiger partial charge in [0.1, 0.15) is 24.6 Å². The monoisotopic (exact) mass is 417 g/mol. The molecular formula is C24H19NO6. The van der Waals surface area contributed by atoms with Crippen molar-refractivity contribution in [1.29, 1.82) is 0 Å². The number of aryl methyl sites for hydroxylation is 1. The minimum atomic E-state index is -1.05. The highest BCUT2D eigenvalue weighted by molar-refractivity contribution is 5.81. The third kappa shape index (κ3) is 3.98. The molecule has 1 N–H and O–H groups in total. The number of nitro groups is 1. The lowest BCUT2D eigenvalue weighted by atomic mass is 9.91. The van der Waals surface area contributed by atoms with Crippen LogP contribution in [0, 0.1) is 17.0 Å². The Kier molecular flexibility index (Phi) is 5.41. The van der Waals surface area contributed by atoms with Gasteiger partial charge in [0.2, 0.25) is 5.75 Å². The Balaban J connectivity index is 1.64. The molecule has 1 heterocycles. The normalized spacial score (nSPS) is 15.1. The van der Waals surface area contributed by atoms with E-state index in [1.807, 2.05) is 30.3 Å². The molecule has 0 bridgehead atoms. The molecule has 3 aromatic rings. The van der Waals surface area contributed by atoms with Crippen molar-refractivity contribution in [3.8, 4) is 11.5 Å². The van der Waals surface area contributed by atoms with Gasteiger partial charge < -0.3 is 19.4 Å². The fourth-order valence-electron chi connectivity index (χ4n) is 3.49. The van der Waals surface area contributed by atoms with Crippen LogP contribution in [0.1, 0.15) is 28.2 Å². The van der Waals surface area contributed by atoms with Crippen molar-refractivity contribution in [3.05, 3.63) is 105 Å². The highest BCUT2D eigenvalue weighted by Crippen LogP contribution is 2.45. The maximum atomic E-state index is 11.7. The molecule has 1 unspecified atom stereocenters. The number of aliphatic hydroxyl groups is 1. The van der Waals surface area contributed by atoms with Gasteiger partial charge in [0.25, 0.3) is 0 Å². The number of hydrogen-bond donors (Lipinski definition) is 1. The topological polar surface area (TPSA) is 98.9 Å². The van der Waals surface area contributed by atoms with Crippen LogP contribution >= 0.6 is 0 Å². The smallest absolute Gasteiger partial charge is 0.312 e. The molecule has 1 aliphatic rings. The number of nitro benzene ring substituents is 1. The summed E-state index contributed by atoms with van der Waals surface area (Å²) in [6.45, 7) is 2.08. The van der Waals surface area contributed by atoms with E-state index in [1.165, 1.54) is 6.07 Å². The van der Waals surface area contributed by atoms with Crippen LogP contribution in [0.2, 0.25) is 0 Å². The molecule has 31 heavy (non-hydrogen) atoms. The van der Waals surface area contributed by atoms with E-state index in [1.54, 1.807) is 37.3 Å². The Morgan fingerprint density at radius 1 is 1.13 bits per heavy atom. The van der Waals surface area contributed by atoms with E-state index >= 15 is 0 Å². The Morgan fingerprint density at radius 2 is 1.84 bits per heavy atom. The molecule has 0 saturated heterocycles. The van der Waals surface area contributed by atoms with Crippen LogP contribution in [0.4, 0.5) is 5.69 Å². The van der Waals surface area contributed by atoms with Gasteiger partial charge in [0, 0.05) is 17.2 Å². The van der Waals surface area contributed by atoms with Crippen LogP contribution in [0.5, 0.6) is 11.5 Å². The summed E-state index contributed by atoms with van der Waals surface area (Å²) in [5.74, 6) is -0.764. The van der Waals surface area contributed by atoms with Crippen LogP contribution in [0.3, 0.4) is 0 Å². The maximum absolute atomic E-state index is 11.7. The van der Waals surface area contributed by atoms with Gasteiger partial charge in [-0.15, -0.1) is 0 Å². The number of carbonyl (C=O) groups excluding carboxylic acids is 1. The third-order valence-corrected chi connectivity index (χ3v) is 5.01. The van der Waals surface area contributed by atoms with Crippen molar-refractivity contribution < 1.29 is 24.3 Å². The van der Waals surface area contributed by atoms with E-state index in [2.05, 4.69) is 0 Å². The Labute approximate surface area is 178 Å². The van der Waals surface area contributed by atoms with E-state index in [0.29, 0.717) is 29.8 Å². The average molecular weight is 417 g/mol. The zero-order valence-electron chi connectivity index (χ0n) is 16.6. The first kappa shape index (κ1) is 20.2. The molecular weight excluding hydrogens is 398 g/mol. The summed E-state index contributed by atoms with van der Waals surface area (Å²) in [6, 6.07) is 19.4. The van der Waals surface area contributed by atoms with Gasteiger partial charge in [-0.1, -0.05) is 36.4 Å². The number of allylic oxidation sites excluding steroid dienone is 1. The minimum absolute atomic E-state index is 0.00571. The van der Waals surface area contributed by atoms with E-state index in [9.17, 15) is 20.0 Å². The van der Waals surface area contributed by atoms with Gasteiger partial charge in [-0.3, -0.25) is 10.1 Å². The average Bonchev–Trinajstić information content (AvgIpc) is 2.78. The molecule has 4 rings (SSSR count). The summed E-state index contributed by atoms with van der Waals surface area (Å²) < 4.78 is 11.5. The molecule has 0 aliphatic carbocycles. The first-order valence-electron chi connectivity index (χ1n) is 9.60. The second-order valence-corrected chi connectivity index (χ2v) is 7.19. The first-order chi connectivity index (χ1) is 15.0. The van der Waals surface area contributed by atoms with Gasteiger partial charge in [-0.05, 0) is 42.3 Å². The molecule has 0 amide bonds. The molecule has 0 fully saturated rings. The van der Waals surface area contributed by atoms with Crippen LogP contribution in [-0.2, 0) is 11.4 Å². The van der Waals surface area contributed by atoms with Crippen LogP contribution < -0.4 is 9.47 Å². The Bertz CT molecular complexity index is 1170. The number of carbonyl (C=O) groups is 1. The molecule has 0 aromatic heterocycles. The summed E-state index contributed by atoms with van der Waals surface area (Å²) in [5.41, 5.74) is 2.10. The molecule has 7 heteroatoms.